The second kappa shape index (κ2) is 3.48. The van der Waals surface area contributed by atoms with Crippen LogP contribution >= 0.6 is 0 Å². The number of nitrogens with two attached hydrogens (primary N) is 1. The normalized spacial score (nSPS) is 9.33. The summed E-state index contributed by atoms with van der Waals surface area (Å²) in [6.45, 7) is 0. The number of urea groups is 1. The van der Waals surface area contributed by atoms with E-state index in [1.165, 1.54) is 0 Å². The molecular weight excluding hydrogens is 124 g/mol. The van der Waals surface area contributed by atoms with E-state index in [0.717, 1.165) is 6.20 Å². The van der Waals surface area contributed by atoms with Gasteiger partial charge in [-0.15, -0.1) is 0 Å². The molecule has 5 heteroatoms. The minimum Gasteiger partial charge on any atom is -0.545 e. The van der Waals surface area contributed by atoms with Crippen LogP contribution in [0.25, 0.3) is 0 Å². The zero-order valence-corrected chi connectivity index (χ0v) is 4.46. The van der Waals surface area contributed by atoms with E-state index in [1.54, 1.807) is 0 Å². The summed E-state index contributed by atoms with van der Waals surface area (Å²) < 4.78 is 0. The first-order valence-electron chi connectivity index (χ1n) is 2.06. The highest BCUT2D eigenvalue weighted by Gasteiger charge is 1.80. The Morgan fingerprint density at radius 2 is 2.11 bits per heavy atom. The van der Waals surface area contributed by atoms with Crippen molar-refractivity contribution in [2.24, 2.45) is 5.73 Å². The molecule has 0 radical (unpaired) electrons. The van der Waals surface area contributed by atoms with Crippen LogP contribution in [0.15, 0.2) is 12.3 Å². The SMILES string of the molecule is NC(=O)N/C=C/C(=O)[O-]. The molecule has 0 aliphatic rings. The Kier molecular flexibility index (Phi) is 2.89. The lowest BCUT2D eigenvalue weighted by atomic mass is 10.6. The Morgan fingerprint density at radius 1 is 1.56 bits per heavy atom. The maximum absolute atomic E-state index is 9.83. The average Bonchev–Trinajstić information content (AvgIpc) is 1.63. The number of hydrogen-bond acceptors (Lipinski definition) is 3. The van der Waals surface area contributed by atoms with E-state index in [4.69, 9.17) is 0 Å². The number of aliphatic carboxylic acids is 1. The second-order valence-corrected chi connectivity index (χ2v) is 1.16. The zero-order valence-electron chi connectivity index (χ0n) is 4.46. The summed E-state index contributed by atoms with van der Waals surface area (Å²) in [6.07, 6.45) is 1.54. The van der Waals surface area contributed by atoms with Crippen molar-refractivity contribution in [1.82, 2.24) is 5.32 Å². The molecule has 0 aromatic heterocycles. The molecule has 0 aromatic carbocycles. The fraction of sp³-hybridized carbons (Fsp3) is 0. The number of nitrogens with one attached hydrogen (secondary N) is 1. The molecule has 0 aliphatic heterocycles. The monoisotopic (exact) mass is 129 g/mol. The van der Waals surface area contributed by atoms with E-state index >= 15 is 0 Å². The lowest BCUT2D eigenvalue weighted by molar-refractivity contribution is -0.297. The Hall–Kier alpha value is -1.52. The van der Waals surface area contributed by atoms with Gasteiger partial charge in [-0.2, -0.15) is 0 Å². The van der Waals surface area contributed by atoms with Gasteiger partial charge in [-0.1, -0.05) is 0 Å². The van der Waals surface area contributed by atoms with Gasteiger partial charge in [0.1, 0.15) is 0 Å². The number of carboxylic acids is 1. The van der Waals surface area contributed by atoms with Crippen molar-refractivity contribution in [2.75, 3.05) is 0 Å². The number of hydrogen-bond donors (Lipinski definition) is 2. The lowest BCUT2D eigenvalue weighted by Crippen LogP contribution is -2.26. The van der Waals surface area contributed by atoms with Gasteiger partial charge in [-0.05, 0) is 6.08 Å². The second-order valence-electron chi connectivity index (χ2n) is 1.16. The third-order valence-electron chi connectivity index (χ3n) is 0.445. The molecule has 0 spiro atoms. The molecule has 2 amide bonds. The number of amides is 2. The van der Waals surface area contributed by atoms with Crippen LogP contribution in [0, 0.1) is 0 Å². The van der Waals surface area contributed by atoms with Crippen molar-refractivity contribution in [3.8, 4) is 0 Å². The van der Waals surface area contributed by atoms with E-state index in [1.807, 2.05) is 5.32 Å². The van der Waals surface area contributed by atoms with E-state index < -0.39 is 12.0 Å². The molecule has 0 fully saturated rings. The number of carboxylic acid groups (broad SMARTS) is 1. The predicted molar refractivity (Wildman–Crippen MR) is 26.9 cm³/mol. The summed E-state index contributed by atoms with van der Waals surface area (Å²) in [6, 6.07) is -0.813. The molecule has 0 heterocycles. The van der Waals surface area contributed by atoms with Crippen molar-refractivity contribution < 1.29 is 14.7 Å². The molecule has 0 rings (SSSR count). The van der Waals surface area contributed by atoms with E-state index in [-0.39, 0.29) is 0 Å². The van der Waals surface area contributed by atoms with Crippen LogP contribution in [-0.2, 0) is 4.79 Å². The average molecular weight is 129 g/mol. The first-order valence-corrected chi connectivity index (χ1v) is 2.06. The van der Waals surface area contributed by atoms with Gasteiger partial charge < -0.3 is 21.0 Å². The van der Waals surface area contributed by atoms with Crippen LogP contribution in [-0.4, -0.2) is 12.0 Å². The highest BCUT2D eigenvalue weighted by Crippen LogP contribution is 1.62. The zero-order chi connectivity index (χ0) is 7.28. The number of carbonyl (C=O) groups excluding carboxylic acids is 2. The fourth-order valence-corrected chi connectivity index (χ4v) is 0.192. The van der Waals surface area contributed by atoms with Gasteiger partial charge in [0.15, 0.2) is 0 Å². The molecule has 0 unspecified atom stereocenters. The fourth-order valence-electron chi connectivity index (χ4n) is 0.192. The first-order chi connectivity index (χ1) is 4.13. The van der Waals surface area contributed by atoms with Gasteiger partial charge in [-0.25, -0.2) is 4.79 Å². The Balaban J connectivity index is 3.48. The summed E-state index contributed by atoms with van der Waals surface area (Å²) in [5.41, 5.74) is 4.56. The van der Waals surface area contributed by atoms with Crippen LogP contribution in [0.5, 0.6) is 0 Å². The quantitative estimate of drug-likeness (QED) is 0.419. The molecule has 0 saturated heterocycles. The largest absolute Gasteiger partial charge is 0.545 e. The number of rotatable bonds is 2. The van der Waals surface area contributed by atoms with Crippen LogP contribution in [0.4, 0.5) is 4.79 Å². The van der Waals surface area contributed by atoms with Crippen LogP contribution in [0.1, 0.15) is 0 Å². The summed E-state index contributed by atoms with van der Waals surface area (Å²) in [7, 11) is 0. The van der Waals surface area contributed by atoms with Crippen LogP contribution in [0.2, 0.25) is 0 Å². The molecule has 0 aromatic rings. The number of primary amides is 1. The first kappa shape index (κ1) is 7.48. The topological polar surface area (TPSA) is 95.2 Å². The molecule has 3 N–H and O–H groups in total. The van der Waals surface area contributed by atoms with Crippen molar-refractivity contribution in [3.63, 3.8) is 0 Å². The van der Waals surface area contributed by atoms with Gasteiger partial charge in [0.2, 0.25) is 0 Å². The highest BCUT2D eigenvalue weighted by molar-refractivity contribution is 5.79. The maximum Gasteiger partial charge on any atom is 0.316 e. The third kappa shape index (κ3) is 6.48. The molecule has 50 valence electrons. The number of carbonyl (C=O) groups is 2. The summed E-state index contributed by atoms with van der Waals surface area (Å²) in [5.74, 6) is -1.39. The van der Waals surface area contributed by atoms with Gasteiger partial charge in [-0.3, -0.25) is 0 Å². The van der Waals surface area contributed by atoms with Gasteiger partial charge in [0.25, 0.3) is 0 Å². The third-order valence-corrected chi connectivity index (χ3v) is 0.445. The summed E-state index contributed by atoms with van der Waals surface area (Å²) >= 11 is 0. The van der Waals surface area contributed by atoms with Crippen molar-refractivity contribution in [2.45, 2.75) is 0 Å². The molecule has 0 bridgehead atoms. The lowest BCUT2D eigenvalue weighted by Gasteiger charge is -1.91. The van der Waals surface area contributed by atoms with Crippen LogP contribution in [0.3, 0.4) is 0 Å². The molecule has 0 saturated carbocycles. The minimum atomic E-state index is -1.39. The van der Waals surface area contributed by atoms with E-state index in [2.05, 4.69) is 5.73 Å². The van der Waals surface area contributed by atoms with Crippen molar-refractivity contribution in [3.05, 3.63) is 12.3 Å². The van der Waals surface area contributed by atoms with Crippen molar-refractivity contribution in [1.29, 1.82) is 0 Å². The minimum absolute atomic E-state index is 0.658. The highest BCUT2D eigenvalue weighted by atomic mass is 16.4. The van der Waals surface area contributed by atoms with Gasteiger partial charge in [0, 0.05) is 6.20 Å². The maximum atomic E-state index is 9.83. The Bertz CT molecular complexity index is 152. The molecule has 5 nitrogen and oxygen atoms in total. The van der Waals surface area contributed by atoms with E-state index in [0.29, 0.717) is 6.08 Å². The van der Waals surface area contributed by atoms with Gasteiger partial charge in [0.05, 0.1) is 5.97 Å². The Morgan fingerprint density at radius 3 is 2.44 bits per heavy atom. The smallest absolute Gasteiger partial charge is 0.316 e. The van der Waals surface area contributed by atoms with Crippen LogP contribution < -0.4 is 16.2 Å². The molecule has 0 aliphatic carbocycles. The van der Waals surface area contributed by atoms with E-state index in [9.17, 15) is 14.7 Å². The van der Waals surface area contributed by atoms with Gasteiger partial charge >= 0.3 is 6.03 Å². The predicted octanol–water partition coefficient (Wildman–Crippen LogP) is -2.08. The standard InChI is InChI=1S/C4H6N2O3/c5-4(9)6-2-1-3(7)8/h1-2H,(H,7,8)(H3,5,6,9)/p-1/b2-1+. The molecule has 0 atom stereocenters. The Labute approximate surface area is 51.2 Å². The molecule has 9 heavy (non-hydrogen) atoms. The van der Waals surface area contributed by atoms with Crippen molar-refractivity contribution >= 4 is 12.0 Å². The molecular formula is C4H5N2O3-. The summed E-state index contributed by atoms with van der Waals surface area (Å²) in [4.78, 5) is 19.4. The summed E-state index contributed by atoms with van der Waals surface area (Å²) in [5, 5.41) is 11.5.